The van der Waals surface area contributed by atoms with Crippen molar-refractivity contribution < 1.29 is 18.7 Å². The van der Waals surface area contributed by atoms with Crippen LogP contribution in [-0.4, -0.2) is 37.5 Å². The number of carbonyl (C=O) groups excluding carboxylic acids is 2. The molecule has 0 aliphatic heterocycles. The summed E-state index contributed by atoms with van der Waals surface area (Å²) in [7, 11) is 2.87. The van der Waals surface area contributed by atoms with Gasteiger partial charge in [0, 0.05) is 18.0 Å². The van der Waals surface area contributed by atoms with E-state index in [-0.39, 0.29) is 18.9 Å². The predicted molar refractivity (Wildman–Crippen MR) is 74.3 cm³/mol. The van der Waals surface area contributed by atoms with E-state index in [1.165, 1.54) is 12.0 Å². The zero-order chi connectivity index (χ0) is 14.7. The molecule has 0 bridgehead atoms. The molecule has 0 unspecified atom stereocenters. The average molecular weight is 275 g/mol. The van der Waals surface area contributed by atoms with Gasteiger partial charge in [0.15, 0.2) is 0 Å². The van der Waals surface area contributed by atoms with Crippen molar-refractivity contribution in [3.63, 3.8) is 0 Å². The Kier molecular flexibility index (Phi) is 4.08. The van der Waals surface area contributed by atoms with Gasteiger partial charge in [0.1, 0.15) is 12.1 Å². The Morgan fingerprint density at radius 3 is 2.80 bits per heavy atom. The second-order valence-electron chi connectivity index (χ2n) is 4.76. The third kappa shape index (κ3) is 2.99. The Morgan fingerprint density at radius 2 is 2.10 bits per heavy atom. The van der Waals surface area contributed by atoms with Crippen molar-refractivity contribution in [1.82, 2.24) is 4.90 Å². The Hall–Kier alpha value is -2.30. The van der Waals surface area contributed by atoms with Crippen molar-refractivity contribution in [2.45, 2.75) is 13.3 Å². The molecule has 0 fully saturated rings. The summed E-state index contributed by atoms with van der Waals surface area (Å²) in [5.74, 6) is -0.589. The Morgan fingerprint density at radius 1 is 1.35 bits per heavy atom. The van der Waals surface area contributed by atoms with Crippen molar-refractivity contribution in [3.05, 3.63) is 35.6 Å². The lowest BCUT2D eigenvalue weighted by atomic mass is 10.1. The van der Waals surface area contributed by atoms with E-state index >= 15 is 0 Å². The van der Waals surface area contributed by atoms with Gasteiger partial charge in [-0.2, -0.15) is 0 Å². The molecule has 2 rings (SSSR count). The van der Waals surface area contributed by atoms with Crippen molar-refractivity contribution in [2.24, 2.45) is 0 Å². The molecule has 5 nitrogen and oxygen atoms in total. The summed E-state index contributed by atoms with van der Waals surface area (Å²) in [6.07, 6.45) is 1.79. The van der Waals surface area contributed by atoms with Crippen LogP contribution in [0.5, 0.6) is 0 Å². The number of nitrogens with zero attached hydrogens (tertiary/aromatic N) is 1. The molecule has 1 amide bonds. The van der Waals surface area contributed by atoms with E-state index in [0.29, 0.717) is 0 Å². The van der Waals surface area contributed by atoms with Crippen LogP contribution in [-0.2, 0) is 20.7 Å². The van der Waals surface area contributed by atoms with Gasteiger partial charge in [0.05, 0.1) is 19.8 Å². The van der Waals surface area contributed by atoms with Gasteiger partial charge in [-0.25, -0.2) is 0 Å². The van der Waals surface area contributed by atoms with Crippen molar-refractivity contribution in [1.29, 1.82) is 0 Å². The number of aryl methyl sites for hydroxylation is 1. The molecule has 0 atom stereocenters. The number of likely N-dealkylation sites (N-methyl/N-ethyl adjacent to an activating group) is 1. The fraction of sp³-hybridized carbons (Fsp3) is 0.333. The fourth-order valence-electron chi connectivity index (χ4n) is 1.98. The molecule has 1 heterocycles. The number of amides is 1. The van der Waals surface area contributed by atoms with Crippen LogP contribution in [0.25, 0.3) is 11.0 Å². The quantitative estimate of drug-likeness (QED) is 0.800. The van der Waals surface area contributed by atoms with Crippen LogP contribution in [0.15, 0.2) is 28.9 Å². The summed E-state index contributed by atoms with van der Waals surface area (Å²) in [6, 6.07) is 5.83. The monoisotopic (exact) mass is 275 g/mol. The van der Waals surface area contributed by atoms with Gasteiger partial charge < -0.3 is 14.1 Å². The minimum absolute atomic E-state index is 0.0514. The van der Waals surface area contributed by atoms with E-state index in [1.54, 1.807) is 13.3 Å². The number of esters is 1. The largest absolute Gasteiger partial charge is 0.468 e. The topological polar surface area (TPSA) is 59.8 Å². The van der Waals surface area contributed by atoms with Gasteiger partial charge in [0.2, 0.25) is 5.91 Å². The number of rotatable bonds is 4. The Labute approximate surface area is 117 Å². The lowest BCUT2D eigenvalue weighted by molar-refractivity contribution is -0.145. The third-order valence-corrected chi connectivity index (χ3v) is 3.17. The van der Waals surface area contributed by atoms with Gasteiger partial charge in [-0.15, -0.1) is 0 Å². The molecule has 5 heteroatoms. The van der Waals surface area contributed by atoms with Crippen LogP contribution in [0.1, 0.15) is 11.1 Å². The summed E-state index contributed by atoms with van der Waals surface area (Å²) in [5, 5.41) is 0.935. The van der Waals surface area contributed by atoms with Crippen molar-refractivity contribution >= 4 is 22.8 Å². The first-order valence-corrected chi connectivity index (χ1v) is 6.28. The molecule has 0 saturated heterocycles. The molecule has 0 saturated carbocycles. The molecule has 106 valence electrons. The van der Waals surface area contributed by atoms with Gasteiger partial charge >= 0.3 is 5.97 Å². The van der Waals surface area contributed by atoms with Gasteiger partial charge in [-0.05, 0) is 19.1 Å². The van der Waals surface area contributed by atoms with Gasteiger partial charge in [-0.1, -0.05) is 11.6 Å². The van der Waals surface area contributed by atoms with E-state index in [4.69, 9.17) is 4.42 Å². The fourth-order valence-corrected chi connectivity index (χ4v) is 1.98. The van der Waals surface area contributed by atoms with E-state index in [2.05, 4.69) is 4.74 Å². The lowest BCUT2D eigenvalue weighted by Gasteiger charge is -2.15. The number of hydrogen-bond donors (Lipinski definition) is 0. The van der Waals surface area contributed by atoms with Crippen LogP contribution in [0.2, 0.25) is 0 Å². The summed E-state index contributed by atoms with van der Waals surface area (Å²) < 4.78 is 9.97. The maximum Gasteiger partial charge on any atom is 0.325 e. The third-order valence-electron chi connectivity index (χ3n) is 3.17. The molecule has 20 heavy (non-hydrogen) atoms. The van der Waals surface area contributed by atoms with E-state index in [0.717, 1.165) is 22.1 Å². The molecule has 2 aromatic rings. The van der Waals surface area contributed by atoms with Crippen LogP contribution < -0.4 is 0 Å². The minimum Gasteiger partial charge on any atom is -0.468 e. The Balaban J connectivity index is 2.13. The highest BCUT2D eigenvalue weighted by atomic mass is 16.5. The number of carbonyl (C=O) groups is 2. The van der Waals surface area contributed by atoms with Crippen LogP contribution >= 0.6 is 0 Å². The zero-order valence-corrected chi connectivity index (χ0v) is 11.8. The number of ether oxygens (including phenoxy) is 1. The summed E-state index contributed by atoms with van der Waals surface area (Å²) in [5.41, 5.74) is 2.69. The molecular formula is C15H17NO4. The smallest absolute Gasteiger partial charge is 0.325 e. The number of benzene rings is 1. The van der Waals surface area contributed by atoms with E-state index in [9.17, 15) is 9.59 Å². The van der Waals surface area contributed by atoms with Crippen molar-refractivity contribution in [3.8, 4) is 0 Å². The first-order valence-electron chi connectivity index (χ1n) is 6.28. The Bertz CT molecular complexity index is 644. The standard InChI is InChI=1S/C15H17NO4/c1-10-4-5-13-12(6-10)11(9-20-13)7-14(17)16(2)8-15(18)19-3/h4-6,9H,7-8H2,1-3H3. The van der Waals surface area contributed by atoms with E-state index < -0.39 is 5.97 Å². The summed E-state index contributed by atoms with van der Waals surface area (Å²) >= 11 is 0. The zero-order valence-electron chi connectivity index (χ0n) is 11.8. The van der Waals surface area contributed by atoms with Gasteiger partial charge in [-0.3, -0.25) is 9.59 Å². The maximum atomic E-state index is 12.1. The number of furan rings is 1. The number of fused-ring (bicyclic) bond motifs is 1. The molecule has 0 aliphatic carbocycles. The maximum absolute atomic E-state index is 12.1. The predicted octanol–water partition coefficient (Wildman–Crippen LogP) is 1.92. The first-order chi connectivity index (χ1) is 9.51. The average Bonchev–Trinajstić information content (AvgIpc) is 2.81. The lowest BCUT2D eigenvalue weighted by Crippen LogP contribution is -2.33. The highest BCUT2D eigenvalue weighted by Crippen LogP contribution is 2.23. The molecule has 0 spiro atoms. The van der Waals surface area contributed by atoms with Gasteiger partial charge in [0.25, 0.3) is 0 Å². The molecule has 1 aromatic carbocycles. The molecular weight excluding hydrogens is 258 g/mol. The van der Waals surface area contributed by atoms with Crippen LogP contribution in [0, 0.1) is 6.92 Å². The summed E-state index contributed by atoms with van der Waals surface area (Å²) in [6.45, 7) is 1.94. The molecule has 0 aliphatic rings. The van der Waals surface area contributed by atoms with Crippen LogP contribution in [0.3, 0.4) is 0 Å². The highest BCUT2D eigenvalue weighted by molar-refractivity contribution is 5.89. The molecule has 1 aromatic heterocycles. The number of hydrogen-bond acceptors (Lipinski definition) is 4. The highest BCUT2D eigenvalue weighted by Gasteiger charge is 2.16. The second-order valence-corrected chi connectivity index (χ2v) is 4.76. The normalized spacial score (nSPS) is 10.6. The molecule has 0 N–H and O–H groups in total. The molecule has 0 radical (unpaired) electrons. The number of methoxy groups -OCH3 is 1. The summed E-state index contributed by atoms with van der Waals surface area (Å²) in [4.78, 5) is 24.6. The second kappa shape index (κ2) is 5.77. The van der Waals surface area contributed by atoms with E-state index in [1.807, 2.05) is 25.1 Å². The van der Waals surface area contributed by atoms with Crippen molar-refractivity contribution in [2.75, 3.05) is 20.7 Å². The first kappa shape index (κ1) is 14.1. The van der Waals surface area contributed by atoms with Crippen LogP contribution in [0.4, 0.5) is 0 Å². The minimum atomic E-state index is -0.436. The SMILES string of the molecule is COC(=O)CN(C)C(=O)Cc1coc2ccc(C)cc12.